The number of hydrogen-bond acceptors (Lipinski definition) is 7. The molecule has 0 fully saturated rings. The van der Waals surface area contributed by atoms with E-state index in [2.05, 4.69) is 111 Å². The van der Waals surface area contributed by atoms with Crippen molar-refractivity contribution in [1.29, 1.82) is 0 Å². The van der Waals surface area contributed by atoms with Crippen molar-refractivity contribution in [3.63, 3.8) is 0 Å². The van der Waals surface area contributed by atoms with E-state index >= 15 is 0 Å². The maximum Gasteiger partial charge on any atom is 0.472 e. The first-order valence-electron chi connectivity index (χ1n) is 22.7. The Morgan fingerprint density at radius 2 is 0.966 bits per heavy atom. The van der Waals surface area contributed by atoms with Crippen LogP contribution in [0.4, 0.5) is 0 Å². The SMILES string of the molecule is CC/C=C\C/C=C\C/C=C\C/C=C\C/C=C\C/C=C\C/C=C\CCCC(=O)OC(COCCCCCCCC/C=C\CCCCCCCC)COP(=O)(O)OCCN. The summed E-state index contributed by atoms with van der Waals surface area (Å²) in [7, 11) is -4.30. The van der Waals surface area contributed by atoms with Gasteiger partial charge >= 0.3 is 13.8 Å². The van der Waals surface area contributed by atoms with E-state index in [0.717, 1.165) is 70.6 Å². The molecule has 2 unspecified atom stereocenters. The Hall–Kier alpha value is -2.58. The highest BCUT2D eigenvalue weighted by molar-refractivity contribution is 7.47. The minimum absolute atomic E-state index is 0.0829. The average Bonchev–Trinajstić information content (AvgIpc) is 3.21. The van der Waals surface area contributed by atoms with Gasteiger partial charge in [-0.25, -0.2) is 4.57 Å². The number of phosphoric acid groups is 1. The first-order valence-corrected chi connectivity index (χ1v) is 24.2. The summed E-state index contributed by atoms with van der Waals surface area (Å²) >= 11 is 0. The number of hydrogen-bond donors (Lipinski definition) is 2. The molecule has 0 heterocycles. The Morgan fingerprint density at radius 1 is 0.534 bits per heavy atom. The molecule has 0 spiro atoms. The van der Waals surface area contributed by atoms with Crippen LogP contribution in [-0.2, 0) is 27.9 Å². The molecule has 332 valence electrons. The maximum atomic E-state index is 12.6. The van der Waals surface area contributed by atoms with Gasteiger partial charge in [-0.3, -0.25) is 13.8 Å². The summed E-state index contributed by atoms with van der Waals surface area (Å²) in [6.45, 7) is 4.69. The molecule has 0 aromatic heterocycles. The molecule has 0 radical (unpaired) electrons. The van der Waals surface area contributed by atoms with Crippen LogP contribution in [0.1, 0.15) is 168 Å². The van der Waals surface area contributed by atoms with Gasteiger partial charge in [-0.15, -0.1) is 0 Å². The van der Waals surface area contributed by atoms with Crippen LogP contribution in [-0.4, -0.2) is 49.9 Å². The van der Waals surface area contributed by atoms with Gasteiger partial charge in [0, 0.05) is 19.6 Å². The summed E-state index contributed by atoms with van der Waals surface area (Å²) < 4.78 is 33.4. The van der Waals surface area contributed by atoms with Gasteiger partial charge in [0.25, 0.3) is 0 Å². The molecule has 0 bridgehead atoms. The second kappa shape index (κ2) is 45.5. The molecule has 9 heteroatoms. The molecule has 0 aliphatic heterocycles. The van der Waals surface area contributed by atoms with Crippen molar-refractivity contribution in [1.82, 2.24) is 0 Å². The summed E-state index contributed by atoms with van der Waals surface area (Å²) in [6.07, 6.45) is 60.1. The van der Waals surface area contributed by atoms with Crippen molar-refractivity contribution in [2.24, 2.45) is 5.73 Å². The van der Waals surface area contributed by atoms with Crippen LogP contribution in [0, 0.1) is 0 Å². The largest absolute Gasteiger partial charge is 0.472 e. The van der Waals surface area contributed by atoms with Crippen LogP contribution in [0.25, 0.3) is 0 Å². The van der Waals surface area contributed by atoms with Gasteiger partial charge in [0.05, 0.1) is 19.8 Å². The molecule has 2 atom stereocenters. The Bertz CT molecular complexity index is 1200. The molecule has 8 nitrogen and oxygen atoms in total. The Balaban J connectivity index is 4.17. The van der Waals surface area contributed by atoms with E-state index in [4.69, 9.17) is 24.3 Å². The van der Waals surface area contributed by atoms with E-state index in [1.54, 1.807) is 0 Å². The third-order valence-corrected chi connectivity index (χ3v) is 9.97. The Morgan fingerprint density at radius 3 is 1.47 bits per heavy atom. The van der Waals surface area contributed by atoms with Crippen molar-refractivity contribution >= 4 is 13.8 Å². The lowest BCUT2D eigenvalue weighted by molar-refractivity contribution is -0.154. The molecule has 0 rings (SSSR count). The fraction of sp³-hybridized carbons (Fsp3) is 0.653. The number of rotatable bonds is 42. The van der Waals surface area contributed by atoms with E-state index in [1.807, 2.05) is 0 Å². The minimum Gasteiger partial charge on any atom is -0.457 e. The topological polar surface area (TPSA) is 117 Å². The molecule has 0 saturated carbocycles. The fourth-order valence-electron chi connectivity index (χ4n) is 5.68. The molecule has 0 aliphatic rings. The number of allylic oxidation sites excluding steroid dienone is 16. The maximum absolute atomic E-state index is 12.6. The lowest BCUT2D eigenvalue weighted by atomic mass is 10.1. The standard InChI is InChI=1S/C49H84NO7P/c1-3-5-7-9-11-13-15-17-19-21-22-23-24-25-26-27-28-30-32-34-36-38-40-42-49(51)57-48(47-56-58(52,53)55-45-43-50)46-54-44-41-39-37-35-33-31-29-20-18-16-14-12-10-8-6-4-2/h5,7,11,13,17-20,22-23,25-26,28,30,34,36,48H,3-4,6,8-10,12,14-16,21,24,27,29,31-33,35,37-47,50H2,1-2H3,(H,52,53)/b7-5-,13-11-,19-17-,20-18-,23-22-,26-25-,30-28-,36-34-. The Labute approximate surface area is 355 Å². The normalized spacial score (nSPS) is 14.3. The van der Waals surface area contributed by atoms with Crippen LogP contribution in [0.3, 0.4) is 0 Å². The zero-order chi connectivity index (χ0) is 42.3. The lowest BCUT2D eigenvalue weighted by Gasteiger charge is -2.20. The average molecular weight is 830 g/mol. The van der Waals surface area contributed by atoms with Gasteiger partial charge in [-0.1, -0.05) is 169 Å². The monoisotopic (exact) mass is 830 g/mol. The minimum atomic E-state index is -4.30. The summed E-state index contributed by atoms with van der Waals surface area (Å²) in [5, 5.41) is 0. The van der Waals surface area contributed by atoms with Gasteiger partial charge in [0.2, 0.25) is 0 Å². The van der Waals surface area contributed by atoms with Gasteiger partial charge < -0.3 is 20.1 Å². The number of carbonyl (C=O) groups excluding carboxylic acids is 1. The molecular formula is C49H84NO7P. The number of esters is 1. The quantitative estimate of drug-likeness (QED) is 0.0270. The van der Waals surface area contributed by atoms with E-state index in [1.165, 1.54) is 70.6 Å². The highest BCUT2D eigenvalue weighted by Crippen LogP contribution is 2.43. The first kappa shape index (κ1) is 55.4. The summed E-state index contributed by atoms with van der Waals surface area (Å²) in [5.74, 6) is -0.393. The van der Waals surface area contributed by atoms with Crippen LogP contribution in [0.5, 0.6) is 0 Å². The third kappa shape index (κ3) is 44.5. The zero-order valence-corrected chi connectivity index (χ0v) is 37.6. The number of ether oxygens (including phenoxy) is 2. The number of carbonyl (C=O) groups is 1. The van der Waals surface area contributed by atoms with E-state index in [9.17, 15) is 14.3 Å². The molecular weight excluding hydrogens is 746 g/mol. The van der Waals surface area contributed by atoms with Crippen molar-refractivity contribution in [2.75, 3.05) is 33.0 Å². The molecule has 3 N–H and O–H groups in total. The predicted molar refractivity (Wildman–Crippen MR) is 247 cm³/mol. The van der Waals surface area contributed by atoms with Crippen LogP contribution >= 0.6 is 7.82 Å². The smallest absolute Gasteiger partial charge is 0.457 e. The van der Waals surface area contributed by atoms with E-state index in [0.29, 0.717) is 13.0 Å². The van der Waals surface area contributed by atoms with Crippen molar-refractivity contribution in [3.05, 3.63) is 97.2 Å². The van der Waals surface area contributed by atoms with Crippen LogP contribution < -0.4 is 5.73 Å². The second-order valence-electron chi connectivity index (χ2n) is 14.5. The fourth-order valence-corrected chi connectivity index (χ4v) is 6.45. The highest BCUT2D eigenvalue weighted by atomic mass is 31.2. The van der Waals surface area contributed by atoms with Crippen molar-refractivity contribution in [2.45, 2.75) is 174 Å². The lowest BCUT2D eigenvalue weighted by Crippen LogP contribution is -2.28. The number of phosphoric ester groups is 1. The molecule has 58 heavy (non-hydrogen) atoms. The molecule has 0 aromatic carbocycles. The van der Waals surface area contributed by atoms with Gasteiger partial charge in [-0.05, 0) is 89.9 Å². The summed E-state index contributed by atoms with van der Waals surface area (Å²) in [6, 6.07) is 0. The van der Waals surface area contributed by atoms with Gasteiger partial charge in [0.1, 0.15) is 6.10 Å². The van der Waals surface area contributed by atoms with E-state index in [-0.39, 0.29) is 32.8 Å². The summed E-state index contributed by atoms with van der Waals surface area (Å²) in [4.78, 5) is 22.5. The number of nitrogens with two attached hydrogens (primary N) is 1. The Kier molecular flexibility index (Phi) is 43.5. The van der Waals surface area contributed by atoms with E-state index < -0.39 is 19.9 Å². The second-order valence-corrected chi connectivity index (χ2v) is 16.0. The van der Waals surface area contributed by atoms with Crippen molar-refractivity contribution < 1.29 is 32.8 Å². The predicted octanol–water partition coefficient (Wildman–Crippen LogP) is 13.9. The number of unbranched alkanes of at least 4 members (excludes halogenated alkanes) is 13. The zero-order valence-electron chi connectivity index (χ0n) is 36.7. The molecule has 0 aromatic rings. The molecule has 0 amide bonds. The van der Waals surface area contributed by atoms with Crippen LogP contribution in [0.2, 0.25) is 0 Å². The molecule has 0 aliphatic carbocycles. The summed E-state index contributed by atoms with van der Waals surface area (Å²) in [5.41, 5.74) is 5.37. The third-order valence-electron chi connectivity index (χ3n) is 8.99. The van der Waals surface area contributed by atoms with Gasteiger partial charge in [-0.2, -0.15) is 0 Å². The van der Waals surface area contributed by atoms with Crippen molar-refractivity contribution in [3.8, 4) is 0 Å². The first-order chi connectivity index (χ1) is 28.4. The highest BCUT2D eigenvalue weighted by Gasteiger charge is 2.25. The molecule has 0 saturated heterocycles. The van der Waals surface area contributed by atoms with Crippen LogP contribution in [0.15, 0.2) is 97.2 Å². The van der Waals surface area contributed by atoms with Gasteiger partial charge in [0.15, 0.2) is 0 Å².